The van der Waals surface area contributed by atoms with Gasteiger partial charge in [0.15, 0.2) is 10.9 Å². The standard InChI is InChI=1S/C26H44NO11PS/c1-18(28)40-14-10-12-19(29)11-9-13-20(30)21-25(5,6)15-36-39(33,38-21)37-17-35-23(32)27-26(7,8)16-34-22(31)24(2,3)4/h21H,9-17H2,1-8H3,(H,27,32)/t21-,39?/m0/s1. The monoisotopic (exact) mass is 609 g/mol. The number of phosphoric ester groups is 1. The highest BCUT2D eigenvalue weighted by Crippen LogP contribution is 2.57. The summed E-state index contributed by atoms with van der Waals surface area (Å²) in [6.45, 7) is 12.3. The van der Waals surface area contributed by atoms with Crippen molar-refractivity contribution in [3.8, 4) is 0 Å². The fourth-order valence-electron chi connectivity index (χ4n) is 3.34. The molecule has 0 aromatic rings. The van der Waals surface area contributed by atoms with E-state index in [2.05, 4.69) is 5.32 Å². The average molecular weight is 610 g/mol. The highest BCUT2D eigenvalue weighted by atomic mass is 32.2. The summed E-state index contributed by atoms with van der Waals surface area (Å²) in [6, 6.07) is 0. The SMILES string of the molecule is CC(=O)SCCCC(=O)CCCC(=O)[C@@H]1OP(=O)(OCOC(=O)NC(C)(C)COC(=O)C(C)(C)C)OCC1(C)C. The first-order chi connectivity index (χ1) is 18.3. The Kier molecular flexibility index (Phi) is 14.0. The normalized spacial score (nSPS) is 20.9. The molecule has 0 aliphatic carbocycles. The maximum absolute atomic E-state index is 13.0. The van der Waals surface area contributed by atoms with Crippen LogP contribution in [0.4, 0.5) is 4.79 Å². The first-order valence-corrected chi connectivity index (χ1v) is 15.6. The van der Waals surface area contributed by atoms with Crippen LogP contribution in [-0.4, -0.2) is 66.1 Å². The Balaban J connectivity index is 2.52. The van der Waals surface area contributed by atoms with E-state index < -0.39 is 49.2 Å². The molecule has 1 aliphatic heterocycles. The number of rotatable bonds is 15. The molecule has 0 spiro atoms. The molecule has 0 bridgehead atoms. The Morgan fingerprint density at radius 1 is 1.00 bits per heavy atom. The minimum absolute atomic E-state index is 0.00378. The summed E-state index contributed by atoms with van der Waals surface area (Å²) in [7, 11) is -4.22. The van der Waals surface area contributed by atoms with E-state index in [-0.39, 0.29) is 42.7 Å². The Labute approximate surface area is 240 Å². The molecule has 0 radical (unpaired) electrons. The number of esters is 1. The van der Waals surface area contributed by atoms with Crippen LogP contribution in [0.1, 0.15) is 87.5 Å². The summed E-state index contributed by atoms with van der Waals surface area (Å²) in [5.41, 5.74) is -2.47. The number of ketones is 2. The number of Topliss-reactive ketones (excluding diaryl/α,β-unsaturated/α-hetero) is 2. The molecular weight excluding hydrogens is 565 g/mol. The van der Waals surface area contributed by atoms with Crippen molar-refractivity contribution in [3.63, 3.8) is 0 Å². The summed E-state index contributed by atoms with van der Waals surface area (Å²) in [5, 5.41) is 2.53. The molecule has 0 aromatic carbocycles. The van der Waals surface area contributed by atoms with E-state index in [4.69, 9.17) is 23.0 Å². The number of phosphoric acid groups is 1. The number of alkyl carbamates (subject to hydrolysis) is 1. The van der Waals surface area contributed by atoms with Crippen molar-refractivity contribution in [1.29, 1.82) is 0 Å². The molecule has 0 saturated carbocycles. The van der Waals surface area contributed by atoms with Gasteiger partial charge in [0.1, 0.15) is 18.5 Å². The number of carbonyl (C=O) groups excluding carboxylic acids is 5. The predicted molar refractivity (Wildman–Crippen MR) is 149 cm³/mol. The Bertz CT molecular complexity index is 974. The number of hydrogen-bond acceptors (Lipinski definition) is 12. The largest absolute Gasteiger partial charge is 0.478 e. The van der Waals surface area contributed by atoms with E-state index in [0.29, 0.717) is 25.0 Å². The molecule has 1 N–H and O–H groups in total. The van der Waals surface area contributed by atoms with Crippen molar-refractivity contribution in [2.45, 2.75) is 99.1 Å². The highest BCUT2D eigenvalue weighted by Gasteiger charge is 2.48. The third-order valence-electron chi connectivity index (χ3n) is 5.63. The molecule has 1 saturated heterocycles. The van der Waals surface area contributed by atoms with Crippen LogP contribution in [0.2, 0.25) is 0 Å². The minimum Gasteiger partial charge on any atom is -0.463 e. The molecule has 12 nitrogen and oxygen atoms in total. The zero-order valence-corrected chi connectivity index (χ0v) is 26.5. The molecule has 1 unspecified atom stereocenters. The molecule has 0 aromatic heterocycles. The second kappa shape index (κ2) is 15.4. The molecule has 1 heterocycles. The molecule has 1 rings (SSSR count). The lowest BCUT2D eigenvalue weighted by Crippen LogP contribution is -2.48. The second-order valence-electron chi connectivity index (χ2n) is 12.0. The van der Waals surface area contributed by atoms with Gasteiger partial charge in [0.05, 0.1) is 17.6 Å². The predicted octanol–water partition coefficient (Wildman–Crippen LogP) is 4.97. The lowest BCUT2D eigenvalue weighted by Gasteiger charge is -2.39. The minimum atomic E-state index is -4.22. The molecule has 1 amide bonds. The lowest BCUT2D eigenvalue weighted by molar-refractivity contribution is -0.154. The fourth-order valence-corrected chi connectivity index (χ4v) is 5.45. The second-order valence-corrected chi connectivity index (χ2v) is 14.9. The molecule has 1 fully saturated rings. The van der Waals surface area contributed by atoms with Crippen molar-refractivity contribution in [1.82, 2.24) is 5.32 Å². The van der Waals surface area contributed by atoms with E-state index in [1.165, 1.54) is 18.7 Å². The number of thioether (sulfide) groups is 1. The molecule has 230 valence electrons. The van der Waals surface area contributed by atoms with E-state index in [1.54, 1.807) is 48.5 Å². The molecule has 40 heavy (non-hydrogen) atoms. The Hall–Kier alpha value is -1.79. The van der Waals surface area contributed by atoms with E-state index >= 15 is 0 Å². The van der Waals surface area contributed by atoms with Gasteiger partial charge >= 0.3 is 19.9 Å². The summed E-state index contributed by atoms with van der Waals surface area (Å²) in [4.78, 5) is 60.0. The molecule has 1 aliphatic rings. The van der Waals surface area contributed by atoms with Gasteiger partial charge in [-0.25, -0.2) is 13.9 Å². The van der Waals surface area contributed by atoms with Crippen LogP contribution in [0, 0.1) is 10.8 Å². The maximum Gasteiger partial charge on any atom is 0.478 e. The first-order valence-electron chi connectivity index (χ1n) is 13.1. The zero-order chi connectivity index (χ0) is 30.8. The quantitative estimate of drug-likeness (QED) is 0.115. The maximum atomic E-state index is 13.0. The van der Waals surface area contributed by atoms with Gasteiger partial charge in [-0.1, -0.05) is 25.6 Å². The first kappa shape index (κ1) is 36.2. The van der Waals surface area contributed by atoms with E-state index in [1.807, 2.05) is 0 Å². The van der Waals surface area contributed by atoms with Crippen LogP contribution < -0.4 is 5.32 Å². The number of amides is 1. The number of nitrogens with one attached hydrogen (secondary N) is 1. The van der Waals surface area contributed by atoms with E-state index in [9.17, 15) is 28.5 Å². The van der Waals surface area contributed by atoms with Crippen LogP contribution in [0.25, 0.3) is 0 Å². The van der Waals surface area contributed by atoms with Gasteiger partial charge in [-0.3, -0.25) is 28.2 Å². The third kappa shape index (κ3) is 13.7. The van der Waals surface area contributed by atoms with Crippen molar-refractivity contribution in [2.24, 2.45) is 10.8 Å². The van der Waals surface area contributed by atoms with Crippen LogP contribution in [0.5, 0.6) is 0 Å². The Morgan fingerprint density at radius 3 is 2.23 bits per heavy atom. The van der Waals surface area contributed by atoms with Gasteiger partial charge in [0.25, 0.3) is 0 Å². The van der Waals surface area contributed by atoms with Gasteiger partial charge in [0, 0.05) is 37.4 Å². The zero-order valence-electron chi connectivity index (χ0n) is 24.8. The number of hydrogen-bond donors (Lipinski definition) is 1. The summed E-state index contributed by atoms with van der Waals surface area (Å²) >= 11 is 1.17. The van der Waals surface area contributed by atoms with Crippen molar-refractivity contribution < 1.29 is 51.6 Å². The van der Waals surface area contributed by atoms with Gasteiger partial charge in [-0.05, 0) is 47.5 Å². The Morgan fingerprint density at radius 2 is 1.62 bits per heavy atom. The average Bonchev–Trinajstić information content (AvgIpc) is 2.81. The van der Waals surface area contributed by atoms with Gasteiger partial charge < -0.3 is 14.8 Å². The van der Waals surface area contributed by atoms with Gasteiger partial charge in [-0.15, -0.1) is 0 Å². The van der Waals surface area contributed by atoms with Crippen LogP contribution in [0.3, 0.4) is 0 Å². The van der Waals surface area contributed by atoms with Gasteiger partial charge in [-0.2, -0.15) is 0 Å². The van der Waals surface area contributed by atoms with E-state index in [0.717, 1.165) is 0 Å². The molecule has 14 heteroatoms. The topological polar surface area (TPSA) is 161 Å². The van der Waals surface area contributed by atoms with Crippen LogP contribution in [-0.2, 0) is 46.8 Å². The van der Waals surface area contributed by atoms with Crippen molar-refractivity contribution >= 4 is 48.3 Å². The van der Waals surface area contributed by atoms with Crippen molar-refractivity contribution in [3.05, 3.63) is 0 Å². The summed E-state index contributed by atoms with van der Waals surface area (Å²) < 4.78 is 39.0. The lowest BCUT2D eigenvalue weighted by atomic mass is 9.84. The summed E-state index contributed by atoms with van der Waals surface area (Å²) in [6.07, 6.45) is -0.542. The van der Waals surface area contributed by atoms with Crippen LogP contribution in [0.15, 0.2) is 0 Å². The third-order valence-corrected chi connectivity index (χ3v) is 7.87. The summed E-state index contributed by atoms with van der Waals surface area (Å²) in [5.74, 6) is -0.191. The molecular formula is C26H44NO11PS. The van der Waals surface area contributed by atoms with Crippen LogP contribution >= 0.6 is 19.6 Å². The van der Waals surface area contributed by atoms with Gasteiger partial charge in [0.2, 0.25) is 6.79 Å². The smallest absolute Gasteiger partial charge is 0.463 e. The number of carbonyl (C=O) groups is 5. The molecule has 2 atom stereocenters. The number of ether oxygens (including phenoxy) is 2. The fraction of sp³-hybridized carbons (Fsp3) is 0.808. The highest BCUT2D eigenvalue weighted by molar-refractivity contribution is 8.13. The van der Waals surface area contributed by atoms with Crippen molar-refractivity contribution in [2.75, 3.05) is 25.8 Å².